The number of fused-ring (bicyclic) bond motifs is 1. The van der Waals surface area contributed by atoms with E-state index < -0.39 is 0 Å². The number of aryl methyl sites for hydroxylation is 1. The monoisotopic (exact) mass is 332 g/mol. The molecular formula is C17H20N2O3S. The van der Waals surface area contributed by atoms with Gasteiger partial charge in [0.25, 0.3) is 5.91 Å². The molecule has 1 amide bonds. The van der Waals surface area contributed by atoms with E-state index in [-0.39, 0.29) is 5.91 Å². The van der Waals surface area contributed by atoms with E-state index in [2.05, 4.69) is 17.2 Å². The molecular weight excluding hydrogens is 312 g/mol. The van der Waals surface area contributed by atoms with E-state index in [9.17, 15) is 4.79 Å². The smallest absolute Gasteiger partial charge is 0.261 e. The van der Waals surface area contributed by atoms with E-state index in [1.165, 1.54) is 12.0 Å². The minimum Gasteiger partial charge on any atom is -0.493 e. The third-order valence-corrected chi connectivity index (χ3v) is 5.09. The van der Waals surface area contributed by atoms with Gasteiger partial charge in [0, 0.05) is 4.88 Å². The van der Waals surface area contributed by atoms with Crippen LogP contribution < -0.4 is 14.8 Å². The van der Waals surface area contributed by atoms with Crippen LogP contribution in [-0.4, -0.2) is 25.1 Å². The molecule has 1 aromatic heterocycles. The molecule has 0 saturated carbocycles. The van der Waals surface area contributed by atoms with Crippen molar-refractivity contribution >= 4 is 22.4 Å². The number of thiazole rings is 1. The van der Waals surface area contributed by atoms with Gasteiger partial charge in [0.05, 0.1) is 25.5 Å². The number of ether oxygens (including phenoxy) is 2. The Morgan fingerprint density at radius 3 is 2.91 bits per heavy atom. The summed E-state index contributed by atoms with van der Waals surface area (Å²) in [5.74, 6) is 1.42. The summed E-state index contributed by atoms with van der Waals surface area (Å²) in [4.78, 5) is 18.4. The van der Waals surface area contributed by atoms with Gasteiger partial charge in [0.2, 0.25) is 0 Å². The summed E-state index contributed by atoms with van der Waals surface area (Å²) in [6.45, 7) is 2.25. The Hall–Kier alpha value is -2.08. The molecule has 6 heteroatoms. The van der Waals surface area contributed by atoms with Crippen LogP contribution in [0.3, 0.4) is 0 Å². The number of hydrogen-bond acceptors (Lipinski definition) is 5. The number of nitrogens with one attached hydrogen (secondary N) is 1. The fraction of sp³-hybridized carbons (Fsp3) is 0.412. The quantitative estimate of drug-likeness (QED) is 0.930. The van der Waals surface area contributed by atoms with E-state index in [0.717, 1.165) is 25.0 Å². The Labute approximate surface area is 139 Å². The van der Waals surface area contributed by atoms with Crippen molar-refractivity contribution in [3.8, 4) is 11.5 Å². The van der Waals surface area contributed by atoms with Crippen molar-refractivity contribution in [2.45, 2.75) is 26.2 Å². The number of nitrogens with zero attached hydrogens (tertiary/aromatic N) is 1. The van der Waals surface area contributed by atoms with Gasteiger partial charge in [-0.3, -0.25) is 10.1 Å². The molecule has 1 aliphatic carbocycles. The molecule has 0 radical (unpaired) electrons. The number of carbonyl (C=O) groups excluding carboxylic acids is 1. The molecule has 2 aromatic rings. The maximum atomic E-state index is 12.6. The number of amides is 1. The number of carbonyl (C=O) groups is 1. The van der Waals surface area contributed by atoms with Crippen molar-refractivity contribution in [3.05, 3.63) is 34.3 Å². The lowest BCUT2D eigenvalue weighted by molar-refractivity contribution is 0.102. The minimum atomic E-state index is -0.236. The molecule has 1 heterocycles. The van der Waals surface area contributed by atoms with E-state index in [0.29, 0.717) is 28.1 Å². The second-order valence-electron chi connectivity index (χ2n) is 5.73. The Morgan fingerprint density at radius 1 is 1.35 bits per heavy atom. The topological polar surface area (TPSA) is 60.5 Å². The maximum absolute atomic E-state index is 12.6. The molecule has 1 aromatic carbocycles. The van der Waals surface area contributed by atoms with Gasteiger partial charge < -0.3 is 9.47 Å². The molecule has 1 atom stereocenters. The lowest BCUT2D eigenvalue weighted by Gasteiger charge is -2.15. The molecule has 5 nitrogen and oxygen atoms in total. The minimum absolute atomic E-state index is 0.236. The van der Waals surface area contributed by atoms with E-state index in [1.54, 1.807) is 36.6 Å². The fourth-order valence-electron chi connectivity index (χ4n) is 2.82. The zero-order valence-corrected chi connectivity index (χ0v) is 14.3. The molecule has 3 rings (SSSR count). The van der Waals surface area contributed by atoms with E-state index in [4.69, 9.17) is 9.47 Å². The first-order valence-electron chi connectivity index (χ1n) is 7.63. The zero-order chi connectivity index (χ0) is 16.4. The molecule has 0 spiro atoms. The highest BCUT2D eigenvalue weighted by molar-refractivity contribution is 7.15. The second kappa shape index (κ2) is 6.58. The van der Waals surface area contributed by atoms with Gasteiger partial charge in [-0.2, -0.15) is 0 Å². The number of rotatable bonds is 4. The third-order valence-electron chi connectivity index (χ3n) is 4.05. The predicted octanol–water partition coefficient (Wildman–Crippen LogP) is 3.54. The summed E-state index contributed by atoms with van der Waals surface area (Å²) in [7, 11) is 3.08. The maximum Gasteiger partial charge on any atom is 0.261 e. The molecule has 1 N–H and O–H groups in total. The first kappa shape index (κ1) is 15.8. The van der Waals surface area contributed by atoms with Crippen molar-refractivity contribution in [1.82, 2.24) is 4.98 Å². The Morgan fingerprint density at radius 2 is 2.17 bits per heavy atom. The normalized spacial score (nSPS) is 16.6. The van der Waals surface area contributed by atoms with Crippen LogP contribution in [0.1, 0.15) is 34.3 Å². The summed E-state index contributed by atoms with van der Waals surface area (Å²) in [6, 6.07) is 5.25. The SMILES string of the molecule is COc1cccc(C(=O)Nc2nc3c(s2)CC(C)CC3)c1OC. The van der Waals surface area contributed by atoms with Crippen molar-refractivity contribution < 1.29 is 14.3 Å². The zero-order valence-electron chi connectivity index (χ0n) is 13.5. The van der Waals surface area contributed by atoms with Crippen LogP contribution in [0.4, 0.5) is 5.13 Å². The fourth-order valence-corrected chi connectivity index (χ4v) is 3.99. The lowest BCUT2D eigenvalue weighted by Crippen LogP contribution is -2.13. The highest BCUT2D eigenvalue weighted by Gasteiger charge is 2.22. The van der Waals surface area contributed by atoms with Crippen LogP contribution in [-0.2, 0) is 12.8 Å². The average Bonchev–Trinajstić information content (AvgIpc) is 2.95. The largest absolute Gasteiger partial charge is 0.493 e. The Bertz CT molecular complexity index is 727. The van der Waals surface area contributed by atoms with Gasteiger partial charge in [-0.1, -0.05) is 13.0 Å². The molecule has 1 unspecified atom stereocenters. The van der Waals surface area contributed by atoms with Crippen molar-refractivity contribution in [2.24, 2.45) is 5.92 Å². The average molecular weight is 332 g/mol. The van der Waals surface area contributed by atoms with Gasteiger partial charge in [0.15, 0.2) is 16.6 Å². The van der Waals surface area contributed by atoms with Gasteiger partial charge in [-0.25, -0.2) is 4.98 Å². The van der Waals surface area contributed by atoms with Gasteiger partial charge in [0.1, 0.15) is 0 Å². The van der Waals surface area contributed by atoms with Crippen LogP contribution in [0.15, 0.2) is 18.2 Å². The summed E-state index contributed by atoms with van der Waals surface area (Å²) in [6.07, 6.45) is 3.20. The third kappa shape index (κ3) is 3.17. The molecule has 1 aliphatic rings. The van der Waals surface area contributed by atoms with E-state index >= 15 is 0 Å². The van der Waals surface area contributed by atoms with Crippen LogP contribution >= 0.6 is 11.3 Å². The standard InChI is InChI=1S/C17H20N2O3S/c1-10-7-8-12-14(9-10)23-17(18-12)19-16(20)11-5-4-6-13(21-2)15(11)22-3/h4-6,10H,7-9H2,1-3H3,(H,18,19,20). The van der Waals surface area contributed by atoms with Gasteiger partial charge in [-0.05, 0) is 37.3 Å². The summed E-state index contributed by atoms with van der Waals surface area (Å²) >= 11 is 1.57. The summed E-state index contributed by atoms with van der Waals surface area (Å²) in [5.41, 5.74) is 1.56. The number of para-hydroxylation sites is 1. The number of methoxy groups -OCH3 is 2. The molecule has 23 heavy (non-hydrogen) atoms. The van der Waals surface area contributed by atoms with Crippen LogP contribution in [0.5, 0.6) is 11.5 Å². The summed E-state index contributed by atoms with van der Waals surface area (Å²) < 4.78 is 10.6. The van der Waals surface area contributed by atoms with Crippen molar-refractivity contribution in [2.75, 3.05) is 19.5 Å². The van der Waals surface area contributed by atoms with Gasteiger partial charge >= 0.3 is 0 Å². The molecule has 0 bridgehead atoms. The van der Waals surface area contributed by atoms with E-state index in [1.807, 2.05) is 0 Å². The number of benzene rings is 1. The van der Waals surface area contributed by atoms with Crippen LogP contribution in [0.2, 0.25) is 0 Å². The molecule has 0 saturated heterocycles. The number of anilines is 1. The highest BCUT2D eigenvalue weighted by atomic mass is 32.1. The Kier molecular flexibility index (Phi) is 4.52. The predicted molar refractivity (Wildman–Crippen MR) is 90.8 cm³/mol. The summed E-state index contributed by atoms with van der Waals surface area (Å²) in [5, 5.41) is 3.54. The molecule has 122 valence electrons. The van der Waals surface area contributed by atoms with Crippen molar-refractivity contribution in [1.29, 1.82) is 0 Å². The van der Waals surface area contributed by atoms with Crippen LogP contribution in [0.25, 0.3) is 0 Å². The van der Waals surface area contributed by atoms with Crippen LogP contribution in [0, 0.1) is 5.92 Å². The first-order valence-corrected chi connectivity index (χ1v) is 8.45. The van der Waals surface area contributed by atoms with Gasteiger partial charge in [-0.15, -0.1) is 11.3 Å². The second-order valence-corrected chi connectivity index (χ2v) is 6.82. The number of aromatic nitrogens is 1. The van der Waals surface area contributed by atoms with Crippen molar-refractivity contribution in [3.63, 3.8) is 0 Å². The highest BCUT2D eigenvalue weighted by Crippen LogP contribution is 2.34. The molecule has 0 fully saturated rings. The Balaban J connectivity index is 1.83. The lowest BCUT2D eigenvalue weighted by atomic mass is 9.93. The number of hydrogen-bond donors (Lipinski definition) is 1. The first-order chi connectivity index (χ1) is 11.1. The molecule has 0 aliphatic heterocycles.